The van der Waals surface area contributed by atoms with Crippen LogP contribution in [0.25, 0.3) is 10.9 Å². The van der Waals surface area contributed by atoms with Gasteiger partial charge >= 0.3 is 0 Å². The lowest BCUT2D eigenvalue weighted by Crippen LogP contribution is -2.29. The van der Waals surface area contributed by atoms with Gasteiger partial charge in [0.05, 0.1) is 12.9 Å². The van der Waals surface area contributed by atoms with Crippen LogP contribution in [0.1, 0.15) is 29.3 Å². The Hall–Kier alpha value is -1.37. The average Bonchev–Trinajstić information content (AvgIpc) is 2.88. The van der Waals surface area contributed by atoms with Gasteiger partial charge in [0.15, 0.2) is 0 Å². The van der Waals surface area contributed by atoms with E-state index >= 15 is 0 Å². The summed E-state index contributed by atoms with van der Waals surface area (Å²) in [5, 5.41) is 1.27. The Bertz CT molecular complexity index is 824. The summed E-state index contributed by atoms with van der Waals surface area (Å²) in [4.78, 5) is 6.02. The number of aryl methyl sites for hydroxylation is 1. The molecule has 3 rings (SSSR count). The highest BCUT2D eigenvalue weighted by atomic mass is 32.2. The van der Waals surface area contributed by atoms with Crippen molar-refractivity contribution in [1.29, 1.82) is 0 Å². The summed E-state index contributed by atoms with van der Waals surface area (Å²) >= 11 is 0. The molecule has 0 saturated carbocycles. The minimum atomic E-state index is -3.38. The molecule has 0 bridgehead atoms. The third kappa shape index (κ3) is 3.44. The van der Waals surface area contributed by atoms with Gasteiger partial charge in [0.2, 0.25) is 0 Å². The fraction of sp³-hybridized carbons (Fsp3) is 0.529. The predicted molar refractivity (Wildman–Crippen MR) is 92.2 cm³/mol. The monoisotopic (exact) mass is 336 g/mol. The highest BCUT2D eigenvalue weighted by Crippen LogP contribution is 2.32. The average molecular weight is 336 g/mol. The molecular formula is C17H24N2O3S. The van der Waals surface area contributed by atoms with Crippen molar-refractivity contribution in [3.8, 4) is 0 Å². The number of aromatic nitrogens is 1. The standard InChI is InChI=1S/C17H24N2O3S/c1-4-19-9-7-14-15(11-19)18-17-12(2)5-6-13(16(14)17)8-10-22-23(3,20)21/h5-6,18H,4,7-11H2,1-3H3. The molecule has 5 nitrogen and oxygen atoms in total. The highest BCUT2D eigenvalue weighted by Gasteiger charge is 2.22. The molecule has 0 atom stereocenters. The maximum absolute atomic E-state index is 11.2. The van der Waals surface area contributed by atoms with E-state index in [1.807, 2.05) is 0 Å². The molecule has 23 heavy (non-hydrogen) atoms. The molecular weight excluding hydrogens is 312 g/mol. The maximum Gasteiger partial charge on any atom is 0.264 e. The number of fused-ring (bicyclic) bond motifs is 3. The van der Waals surface area contributed by atoms with E-state index in [-0.39, 0.29) is 6.61 Å². The Morgan fingerprint density at radius 3 is 2.83 bits per heavy atom. The summed E-state index contributed by atoms with van der Waals surface area (Å²) in [6.45, 7) is 7.58. The smallest absolute Gasteiger partial charge is 0.264 e. The number of rotatable bonds is 5. The van der Waals surface area contributed by atoms with E-state index in [2.05, 4.69) is 35.9 Å². The third-order valence-electron chi connectivity index (χ3n) is 4.62. The summed E-state index contributed by atoms with van der Waals surface area (Å²) in [5.74, 6) is 0. The van der Waals surface area contributed by atoms with Gasteiger partial charge in [-0.25, -0.2) is 0 Å². The van der Waals surface area contributed by atoms with Crippen molar-refractivity contribution < 1.29 is 12.6 Å². The molecule has 0 aliphatic carbocycles. The number of aromatic amines is 1. The minimum Gasteiger partial charge on any atom is -0.357 e. The molecule has 1 aromatic carbocycles. The second kappa shape index (κ2) is 6.26. The zero-order valence-electron chi connectivity index (χ0n) is 14.0. The fourth-order valence-corrected chi connectivity index (χ4v) is 3.78. The zero-order valence-corrected chi connectivity index (χ0v) is 14.8. The normalized spacial score (nSPS) is 16.0. The van der Waals surface area contributed by atoms with Crippen LogP contribution in [0, 0.1) is 6.92 Å². The Morgan fingerprint density at radius 1 is 1.35 bits per heavy atom. The van der Waals surface area contributed by atoms with E-state index in [0.29, 0.717) is 6.42 Å². The van der Waals surface area contributed by atoms with Gasteiger partial charge in [0, 0.05) is 29.7 Å². The van der Waals surface area contributed by atoms with E-state index in [4.69, 9.17) is 4.18 Å². The number of hydrogen-bond acceptors (Lipinski definition) is 4. The largest absolute Gasteiger partial charge is 0.357 e. The number of nitrogens with one attached hydrogen (secondary N) is 1. The van der Waals surface area contributed by atoms with Crippen molar-refractivity contribution in [2.45, 2.75) is 33.2 Å². The van der Waals surface area contributed by atoms with Gasteiger partial charge in [0.1, 0.15) is 0 Å². The Kier molecular flexibility index (Phi) is 4.49. The van der Waals surface area contributed by atoms with Crippen LogP contribution < -0.4 is 0 Å². The van der Waals surface area contributed by atoms with E-state index < -0.39 is 10.1 Å². The number of hydrogen-bond donors (Lipinski definition) is 1. The van der Waals surface area contributed by atoms with Crippen molar-refractivity contribution >= 4 is 21.0 Å². The van der Waals surface area contributed by atoms with Gasteiger partial charge in [-0.1, -0.05) is 19.1 Å². The summed E-state index contributed by atoms with van der Waals surface area (Å²) in [6, 6.07) is 4.20. The molecule has 1 aliphatic heterocycles. The topological polar surface area (TPSA) is 62.4 Å². The summed E-state index contributed by atoms with van der Waals surface area (Å²) < 4.78 is 27.2. The molecule has 1 aromatic heterocycles. The first-order valence-corrected chi connectivity index (χ1v) is 9.89. The molecule has 1 aliphatic rings. The quantitative estimate of drug-likeness (QED) is 0.852. The van der Waals surface area contributed by atoms with Crippen molar-refractivity contribution in [2.75, 3.05) is 26.0 Å². The zero-order chi connectivity index (χ0) is 16.6. The molecule has 126 valence electrons. The van der Waals surface area contributed by atoms with Crippen molar-refractivity contribution in [3.63, 3.8) is 0 Å². The number of likely N-dealkylation sites (N-methyl/N-ethyl adjacent to an activating group) is 1. The summed E-state index contributed by atoms with van der Waals surface area (Å²) in [7, 11) is -3.38. The lowest BCUT2D eigenvalue weighted by molar-refractivity contribution is 0.266. The molecule has 2 heterocycles. The van der Waals surface area contributed by atoms with Crippen LogP contribution in [0.4, 0.5) is 0 Å². The Morgan fingerprint density at radius 2 is 2.13 bits per heavy atom. The predicted octanol–water partition coefficient (Wildman–Crippen LogP) is 2.37. The van der Waals surface area contributed by atoms with Crippen LogP contribution in [0.3, 0.4) is 0 Å². The van der Waals surface area contributed by atoms with Gasteiger partial charge in [-0.05, 0) is 43.0 Å². The fourth-order valence-electron chi connectivity index (χ4n) is 3.40. The van der Waals surface area contributed by atoms with Crippen molar-refractivity contribution in [1.82, 2.24) is 9.88 Å². The SMILES string of the molecule is CCN1CCc2c([nH]c3c(C)ccc(CCOS(C)(=O)=O)c23)C1. The van der Waals surface area contributed by atoms with E-state index in [0.717, 1.165) is 37.9 Å². The first-order valence-electron chi connectivity index (χ1n) is 8.07. The molecule has 2 aromatic rings. The number of H-pyrrole nitrogens is 1. The molecule has 0 saturated heterocycles. The third-order valence-corrected chi connectivity index (χ3v) is 5.21. The van der Waals surface area contributed by atoms with E-state index in [1.165, 1.54) is 27.7 Å². The second-order valence-electron chi connectivity index (χ2n) is 6.27. The molecule has 0 fully saturated rings. The van der Waals surface area contributed by atoms with E-state index in [1.54, 1.807) is 0 Å². The van der Waals surface area contributed by atoms with Crippen molar-refractivity contribution in [3.05, 3.63) is 34.5 Å². The van der Waals surface area contributed by atoms with Crippen LogP contribution >= 0.6 is 0 Å². The molecule has 6 heteroatoms. The van der Waals surface area contributed by atoms with Gasteiger partial charge in [-0.15, -0.1) is 0 Å². The van der Waals surface area contributed by atoms with Crippen LogP contribution in [0.15, 0.2) is 12.1 Å². The summed E-state index contributed by atoms with van der Waals surface area (Å²) in [5.41, 5.74) is 6.27. The summed E-state index contributed by atoms with van der Waals surface area (Å²) in [6.07, 6.45) is 2.73. The lowest BCUT2D eigenvalue weighted by atomic mass is 9.96. The Labute approximate surface area is 137 Å². The van der Waals surface area contributed by atoms with Gasteiger partial charge in [-0.3, -0.25) is 9.08 Å². The first-order chi connectivity index (χ1) is 10.9. The van der Waals surface area contributed by atoms with Crippen LogP contribution in [-0.4, -0.2) is 44.3 Å². The lowest BCUT2D eigenvalue weighted by Gasteiger charge is -2.25. The molecule has 0 radical (unpaired) electrons. The van der Waals surface area contributed by atoms with Gasteiger partial charge in [0.25, 0.3) is 10.1 Å². The second-order valence-corrected chi connectivity index (χ2v) is 7.91. The highest BCUT2D eigenvalue weighted by molar-refractivity contribution is 7.85. The minimum absolute atomic E-state index is 0.192. The van der Waals surface area contributed by atoms with Gasteiger partial charge in [-0.2, -0.15) is 8.42 Å². The Balaban J connectivity index is 1.96. The van der Waals surface area contributed by atoms with Gasteiger partial charge < -0.3 is 4.98 Å². The van der Waals surface area contributed by atoms with Crippen LogP contribution in [0.5, 0.6) is 0 Å². The van der Waals surface area contributed by atoms with Crippen molar-refractivity contribution in [2.24, 2.45) is 0 Å². The van der Waals surface area contributed by atoms with E-state index in [9.17, 15) is 8.42 Å². The number of nitrogens with zero attached hydrogens (tertiary/aromatic N) is 1. The molecule has 1 N–H and O–H groups in total. The van der Waals surface area contributed by atoms with Crippen LogP contribution in [0.2, 0.25) is 0 Å². The molecule has 0 amide bonds. The number of benzene rings is 1. The van der Waals surface area contributed by atoms with Crippen LogP contribution in [-0.2, 0) is 33.7 Å². The first kappa shape index (κ1) is 16.5. The maximum atomic E-state index is 11.2. The molecule has 0 unspecified atom stereocenters. The molecule has 0 spiro atoms.